The Balaban J connectivity index is 1.21. The maximum Gasteiger partial charge on any atom is 0.321 e. The van der Waals surface area contributed by atoms with Crippen molar-refractivity contribution in [3.63, 3.8) is 0 Å². The van der Waals surface area contributed by atoms with E-state index in [9.17, 15) is 9.18 Å². The van der Waals surface area contributed by atoms with Crippen molar-refractivity contribution in [3.8, 4) is 33.8 Å². The number of piperazine rings is 1. The lowest BCUT2D eigenvalue weighted by atomic mass is 10.1. The number of amides is 2. The third-order valence-electron chi connectivity index (χ3n) is 7.29. The smallest absolute Gasteiger partial charge is 0.321 e. The minimum atomic E-state index is -0.317. The number of aromatic nitrogens is 7. The molecule has 41 heavy (non-hydrogen) atoms. The monoisotopic (exact) mass is 548 g/mol. The van der Waals surface area contributed by atoms with Crippen LogP contribution < -0.4 is 5.32 Å². The summed E-state index contributed by atoms with van der Waals surface area (Å²) >= 11 is 0. The molecule has 6 aromatic rings. The predicted octanol–water partition coefficient (Wildman–Crippen LogP) is 4.54. The van der Waals surface area contributed by atoms with Crippen molar-refractivity contribution in [2.45, 2.75) is 0 Å². The van der Waals surface area contributed by atoms with Gasteiger partial charge >= 0.3 is 6.03 Å². The zero-order chi connectivity index (χ0) is 27.9. The Hall–Kier alpha value is -5.23. The van der Waals surface area contributed by atoms with E-state index >= 15 is 0 Å². The Morgan fingerprint density at radius 1 is 0.951 bits per heavy atom. The van der Waals surface area contributed by atoms with Crippen LogP contribution in [-0.2, 0) is 0 Å². The second-order valence-corrected chi connectivity index (χ2v) is 10.0. The normalized spacial score (nSPS) is 14.1. The number of hydrogen-bond acceptors (Lipinski definition) is 7. The molecule has 0 unspecified atom stereocenters. The standard InChI is InChI=1S/C29H25FN10O/c1-39-7-9-40(10-8-39)29(41)34-21-12-18(14-31-16-21)19-13-23-25(37-38-26(23)33-15-19)28-35-24-22(5-6-32-27(24)36-28)17-3-2-4-20(30)11-17/h2-6,11-16H,7-10H2,1H3,(H,34,41)(H,32,35,36)(H,33,37,38). The molecule has 0 radical (unpaired) electrons. The molecule has 6 heterocycles. The quantitative estimate of drug-likeness (QED) is 0.295. The van der Waals surface area contributed by atoms with E-state index < -0.39 is 0 Å². The molecule has 204 valence electrons. The molecular weight excluding hydrogens is 523 g/mol. The Labute approximate surface area is 233 Å². The second-order valence-electron chi connectivity index (χ2n) is 10.0. The average molecular weight is 549 g/mol. The molecule has 7 rings (SSSR count). The van der Waals surface area contributed by atoms with Crippen LogP contribution in [0.4, 0.5) is 14.9 Å². The molecule has 11 nitrogen and oxygen atoms in total. The highest BCUT2D eigenvalue weighted by molar-refractivity contribution is 5.96. The lowest BCUT2D eigenvalue weighted by Crippen LogP contribution is -2.48. The molecular formula is C29H25FN10O. The number of rotatable bonds is 4. The van der Waals surface area contributed by atoms with E-state index in [4.69, 9.17) is 0 Å². The minimum Gasteiger partial charge on any atom is -0.335 e. The molecule has 5 aromatic heterocycles. The Bertz CT molecular complexity index is 1910. The van der Waals surface area contributed by atoms with Crippen LogP contribution in [0.5, 0.6) is 0 Å². The molecule has 1 saturated heterocycles. The number of carbonyl (C=O) groups excluding carboxylic acids is 1. The van der Waals surface area contributed by atoms with Crippen LogP contribution in [0.1, 0.15) is 0 Å². The van der Waals surface area contributed by atoms with Crippen LogP contribution in [0, 0.1) is 5.82 Å². The van der Waals surface area contributed by atoms with Crippen molar-refractivity contribution in [2.75, 3.05) is 38.5 Å². The van der Waals surface area contributed by atoms with Gasteiger partial charge in [0.2, 0.25) is 0 Å². The number of H-pyrrole nitrogens is 2. The van der Waals surface area contributed by atoms with Gasteiger partial charge in [0.05, 0.1) is 22.8 Å². The van der Waals surface area contributed by atoms with Crippen molar-refractivity contribution in [3.05, 3.63) is 73.1 Å². The molecule has 2 amide bonds. The highest BCUT2D eigenvalue weighted by Gasteiger charge is 2.20. The molecule has 1 aliphatic heterocycles. The van der Waals surface area contributed by atoms with E-state index in [0.29, 0.717) is 47.1 Å². The topological polar surface area (TPSA) is 132 Å². The van der Waals surface area contributed by atoms with Gasteiger partial charge in [-0.2, -0.15) is 5.10 Å². The fraction of sp³-hybridized carbons (Fsp3) is 0.172. The van der Waals surface area contributed by atoms with E-state index in [-0.39, 0.29) is 11.8 Å². The van der Waals surface area contributed by atoms with Crippen molar-refractivity contribution >= 4 is 33.9 Å². The van der Waals surface area contributed by atoms with E-state index in [1.807, 2.05) is 31.3 Å². The first-order valence-electron chi connectivity index (χ1n) is 13.2. The largest absolute Gasteiger partial charge is 0.335 e. The summed E-state index contributed by atoms with van der Waals surface area (Å²) in [4.78, 5) is 38.1. The summed E-state index contributed by atoms with van der Waals surface area (Å²) in [7, 11) is 2.05. The van der Waals surface area contributed by atoms with Gasteiger partial charge in [0.1, 0.15) is 11.5 Å². The summed E-state index contributed by atoms with van der Waals surface area (Å²) < 4.78 is 13.9. The van der Waals surface area contributed by atoms with Crippen molar-refractivity contribution in [1.82, 2.24) is 44.9 Å². The molecule has 1 fully saturated rings. The number of fused-ring (bicyclic) bond motifs is 2. The SMILES string of the molecule is CN1CCN(C(=O)Nc2cncc(-c3cnc4n[nH]c(-c5nc6nccc(-c7cccc(F)c7)c6[nH]5)c4c3)c2)CC1. The highest BCUT2D eigenvalue weighted by Crippen LogP contribution is 2.32. The second kappa shape index (κ2) is 10.1. The van der Waals surface area contributed by atoms with Gasteiger partial charge < -0.3 is 20.1 Å². The number of benzene rings is 1. The minimum absolute atomic E-state index is 0.140. The zero-order valence-corrected chi connectivity index (χ0v) is 22.1. The van der Waals surface area contributed by atoms with Gasteiger partial charge in [-0.05, 0) is 42.9 Å². The summed E-state index contributed by atoms with van der Waals surface area (Å²) in [5.41, 5.74) is 6.07. The van der Waals surface area contributed by atoms with Crippen LogP contribution in [0.15, 0.2) is 67.3 Å². The summed E-state index contributed by atoms with van der Waals surface area (Å²) in [6.07, 6.45) is 6.73. The number of carbonyl (C=O) groups is 1. The van der Waals surface area contributed by atoms with Gasteiger partial charge in [0.25, 0.3) is 0 Å². The average Bonchev–Trinajstić information content (AvgIpc) is 3.61. The molecule has 1 aromatic carbocycles. The summed E-state index contributed by atoms with van der Waals surface area (Å²) in [6, 6.07) is 11.9. The van der Waals surface area contributed by atoms with E-state index in [2.05, 4.69) is 45.3 Å². The fourth-order valence-electron chi connectivity index (χ4n) is 5.04. The molecule has 1 aliphatic rings. The number of halogens is 1. The first-order chi connectivity index (χ1) is 20.0. The van der Waals surface area contributed by atoms with Gasteiger partial charge in [0.15, 0.2) is 17.1 Å². The molecule has 0 aliphatic carbocycles. The van der Waals surface area contributed by atoms with Gasteiger partial charge in [0, 0.05) is 61.5 Å². The lowest BCUT2D eigenvalue weighted by molar-refractivity contribution is 0.164. The van der Waals surface area contributed by atoms with E-state index in [1.54, 1.807) is 35.8 Å². The summed E-state index contributed by atoms with van der Waals surface area (Å²) in [6.45, 7) is 3.05. The Morgan fingerprint density at radius 3 is 2.66 bits per heavy atom. The first kappa shape index (κ1) is 24.8. The number of aromatic amines is 2. The number of urea groups is 1. The molecule has 0 bridgehead atoms. The van der Waals surface area contributed by atoms with Crippen LogP contribution in [-0.4, -0.2) is 84.2 Å². The summed E-state index contributed by atoms with van der Waals surface area (Å²) in [5.74, 6) is 0.215. The van der Waals surface area contributed by atoms with E-state index in [0.717, 1.165) is 40.7 Å². The highest BCUT2D eigenvalue weighted by atomic mass is 19.1. The Kier molecular flexibility index (Phi) is 6.08. The van der Waals surface area contributed by atoms with Gasteiger partial charge in [-0.1, -0.05) is 12.1 Å². The van der Waals surface area contributed by atoms with Crippen LogP contribution in [0.25, 0.3) is 56.0 Å². The first-order valence-corrected chi connectivity index (χ1v) is 13.2. The maximum absolute atomic E-state index is 13.9. The van der Waals surface area contributed by atoms with Crippen molar-refractivity contribution in [2.24, 2.45) is 0 Å². The van der Waals surface area contributed by atoms with Crippen molar-refractivity contribution < 1.29 is 9.18 Å². The van der Waals surface area contributed by atoms with E-state index in [1.165, 1.54) is 12.1 Å². The molecule has 12 heteroatoms. The summed E-state index contributed by atoms with van der Waals surface area (Å²) in [5, 5.41) is 11.1. The number of pyridine rings is 3. The van der Waals surface area contributed by atoms with Gasteiger partial charge in [-0.25, -0.2) is 24.1 Å². The van der Waals surface area contributed by atoms with Crippen LogP contribution in [0.2, 0.25) is 0 Å². The molecule has 0 atom stereocenters. The van der Waals surface area contributed by atoms with Crippen LogP contribution in [0.3, 0.4) is 0 Å². The van der Waals surface area contributed by atoms with Crippen molar-refractivity contribution in [1.29, 1.82) is 0 Å². The number of anilines is 1. The third-order valence-corrected chi connectivity index (χ3v) is 7.29. The number of likely N-dealkylation sites (N-methyl/N-ethyl adjacent to an activating group) is 1. The number of nitrogens with zero attached hydrogens (tertiary/aromatic N) is 7. The number of nitrogens with one attached hydrogen (secondary N) is 3. The molecule has 3 N–H and O–H groups in total. The zero-order valence-electron chi connectivity index (χ0n) is 22.1. The number of imidazole rings is 1. The third kappa shape index (κ3) is 4.74. The van der Waals surface area contributed by atoms with Gasteiger partial charge in [-0.15, -0.1) is 0 Å². The van der Waals surface area contributed by atoms with Crippen LogP contribution >= 0.6 is 0 Å². The van der Waals surface area contributed by atoms with Gasteiger partial charge in [-0.3, -0.25) is 10.1 Å². The maximum atomic E-state index is 13.9. The molecule has 0 saturated carbocycles. The predicted molar refractivity (Wildman–Crippen MR) is 153 cm³/mol. The number of hydrogen-bond donors (Lipinski definition) is 3. The Morgan fingerprint density at radius 2 is 1.80 bits per heavy atom. The lowest BCUT2D eigenvalue weighted by Gasteiger charge is -2.32. The fourth-order valence-corrected chi connectivity index (χ4v) is 5.04. The molecule has 0 spiro atoms.